The van der Waals surface area contributed by atoms with Crippen molar-refractivity contribution >= 4 is 18.0 Å². The van der Waals surface area contributed by atoms with Gasteiger partial charge in [-0.1, -0.05) is 48.5 Å². The van der Waals surface area contributed by atoms with Gasteiger partial charge in [0.15, 0.2) is 0 Å². The monoisotopic (exact) mass is 426 g/mol. The summed E-state index contributed by atoms with van der Waals surface area (Å²) in [5.41, 5.74) is 4.37. The maximum absolute atomic E-state index is 12.5. The van der Waals surface area contributed by atoms with E-state index in [0.29, 0.717) is 0 Å². The number of rotatable bonds is 8. The lowest BCUT2D eigenvalue weighted by Gasteiger charge is -2.24. The fourth-order valence-corrected chi connectivity index (χ4v) is 3.66. The number of hydrogen-bond donors (Lipinski definition) is 3. The summed E-state index contributed by atoms with van der Waals surface area (Å²) in [6.07, 6.45) is -1.48. The molecule has 2 amide bonds. The minimum absolute atomic E-state index is 0.0983. The third-order valence-corrected chi connectivity index (χ3v) is 5.47. The molecule has 0 radical (unpaired) electrons. The maximum Gasteiger partial charge on any atom is 0.407 e. The molecule has 0 bridgehead atoms. The number of ether oxygens (including phenoxy) is 2. The first-order chi connectivity index (χ1) is 14.8. The van der Waals surface area contributed by atoms with Crippen molar-refractivity contribution in [2.75, 3.05) is 13.7 Å². The Hall–Kier alpha value is -3.39. The molecule has 3 rings (SSSR count). The summed E-state index contributed by atoms with van der Waals surface area (Å²) in [5, 5.41) is 13.8. The number of alkyl carbamates (subject to hydrolysis) is 1. The first kappa shape index (κ1) is 22.3. The van der Waals surface area contributed by atoms with Crippen molar-refractivity contribution in [1.29, 1.82) is 0 Å². The van der Waals surface area contributed by atoms with Crippen molar-refractivity contribution in [2.24, 2.45) is 0 Å². The number of fused-ring (bicyclic) bond motifs is 3. The van der Waals surface area contributed by atoms with Crippen molar-refractivity contribution in [1.82, 2.24) is 10.6 Å². The summed E-state index contributed by atoms with van der Waals surface area (Å²) < 4.78 is 10.6. The van der Waals surface area contributed by atoms with Crippen molar-refractivity contribution in [3.05, 3.63) is 59.7 Å². The van der Waals surface area contributed by atoms with E-state index in [2.05, 4.69) is 10.6 Å². The zero-order chi connectivity index (χ0) is 22.5. The number of methoxy groups -OCH3 is 1. The van der Waals surface area contributed by atoms with Gasteiger partial charge in [0.1, 0.15) is 18.7 Å². The quantitative estimate of drug-likeness (QED) is 0.598. The largest absolute Gasteiger partial charge is 0.480 e. The van der Waals surface area contributed by atoms with Crippen molar-refractivity contribution in [2.45, 2.75) is 38.0 Å². The molecule has 8 heteroatoms. The molecule has 8 nitrogen and oxygen atoms in total. The number of carbonyl (C=O) groups is 3. The second-order valence-corrected chi connectivity index (χ2v) is 7.46. The van der Waals surface area contributed by atoms with Gasteiger partial charge < -0.3 is 25.2 Å². The Balaban J connectivity index is 1.68. The van der Waals surface area contributed by atoms with E-state index in [1.807, 2.05) is 48.5 Å². The highest BCUT2D eigenvalue weighted by molar-refractivity contribution is 5.89. The molecule has 0 aliphatic heterocycles. The van der Waals surface area contributed by atoms with E-state index in [4.69, 9.17) is 14.6 Å². The first-order valence-corrected chi connectivity index (χ1v) is 10.0. The predicted molar refractivity (Wildman–Crippen MR) is 114 cm³/mol. The van der Waals surface area contributed by atoms with E-state index in [1.165, 1.54) is 14.0 Å². The van der Waals surface area contributed by atoms with Crippen molar-refractivity contribution in [3.63, 3.8) is 0 Å². The smallest absolute Gasteiger partial charge is 0.407 e. The van der Waals surface area contributed by atoms with Gasteiger partial charge in [-0.2, -0.15) is 0 Å². The van der Waals surface area contributed by atoms with Crippen LogP contribution in [-0.2, 0) is 19.1 Å². The van der Waals surface area contributed by atoms with Crippen molar-refractivity contribution in [3.8, 4) is 11.1 Å². The molecule has 0 unspecified atom stereocenters. The molecule has 31 heavy (non-hydrogen) atoms. The molecular formula is C23H26N2O6. The highest BCUT2D eigenvalue weighted by Crippen LogP contribution is 2.44. The van der Waals surface area contributed by atoms with Crippen LogP contribution in [0.2, 0.25) is 0 Å². The fraction of sp³-hybridized carbons (Fsp3) is 0.348. The van der Waals surface area contributed by atoms with E-state index in [9.17, 15) is 14.4 Å². The molecule has 0 fully saturated rings. The topological polar surface area (TPSA) is 114 Å². The first-order valence-electron chi connectivity index (χ1n) is 10.0. The molecule has 3 atom stereocenters. The summed E-state index contributed by atoms with van der Waals surface area (Å²) in [7, 11) is 1.39. The molecule has 0 heterocycles. The maximum atomic E-state index is 12.5. The highest BCUT2D eigenvalue weighted by atomic mass is 16.5. The lowest BCUT2D eigenvalue weighted by atomic mass is 9.98. The Morgan fingerprint density at radius 1 is 0.968 bits per heavy atom. The van der Waals surface area contributed by atoms with E-state index < -0.39 is 36.2 Å². The van der Waals surface area contributed by atoms with E-state index in [-0.39, 0.29) is 12.5 Å². The summed E-state index contributed by atoms with van der Waals surface area (Å²) in [6.45, 7) is 3.03. The Morgan fingerprint density at radius 3 is 2.03 bits per heavy atom. The van der Waals surface area contributed by atoms with Crippen LogP contribution in [0.1, 0.15) is 30.9 Å². The summed E-state index contributed by atoms with van der Waals surface area (Å²) >= 11 is 0. The van der Waals surface area contributed by atoms with Gasteiger partial charge in [0, 0.05) is 13.0 Å². The Morgan fingerprint density at radius 2 is 1.52 bits per heavy atom. The molecule has 2 aromatic rings. The van der Waals surface area contributed by atoms with Gasteiger partial charge >= 0.3 is 12.1 Å². The Kier molecular flexibility index (Phi) is 6.91. The molecule has 0 aromatic heterocycles. The summed E-state index contributed by atoms with van der Waals surface area (Å²) in [6, 6.07) is 13.7. The van der Waals surface area contributed by atoms with Crippen LogP contribution in [0.5, 0.6) is 0 Å². The van der Waals surface area contributed by atoms with Crippen LogP contribution in [0.3, 0.4) is 0 Å². The lowest BCUT2D eigenvalue weighted by molar-refractivity contribution is -0.142. The van der Waals surface area contributed by atoms with Crippen molar-refractivity contribution < 1.29 is 29.0 Å². The molecular weight excluding hydrogens is 400 g/mol. The van der Waals surface area contributed by atoms with Crippen LogP contribution in [0, 0.1) is 0 Å². The number of aliphatic carboxylic acids is 1. The number of hydrogen-bond acceptors (Lipinski definition) is 5. The van der Waals surface area contributed by atoms with E-state index in [0.717, 1.165) is 22.3 Å². The third kappa shape index (κ3) is 4.86. The van der Waals surface area contributed by atoms with Gasteiger partial charge in [-0.25, -0.2) is 4.79 Å². The molecule has 0 spiro atoms. The van der Waals surface area contributed by atoms with Crippen LogP contribution < -0.4 is 10.6 Å². The van der Waals surface area contributed by atoms with E-state index in [1.54, 1.807) is 6.92 Å². The standard InChI is InChI=1S/C23H26N2O6/c1-13(22(27)28)24-21(26)20(14(2)30-3)25-23(29)31-12-19-17-10-6-4-8-15(17)16-9-5-7-11-18(16)19/h4-11,13-14,19-20H,12H2,1-3H3,(H,24,26)(H,25,29)(H,27,28)/t13-,14+,20-/m0/s1. The number of amides is 2. The SMILES string of the molecule is CO[C@H](C)[C@H](NC(=O)OCC1c2ccccc2-c2ccccc21)C(=O)N[C@@H](C)C(=O)O. The molecule has 0 saturated carbocycles. The van der Waals surface area contributed by atoms with Gasteiger partial charge in [0.05, 0.1) is 6.10 Å². The summed E-state index contributed by atoms with van der Waals surface area (Å²) in [4.78, 5) is 36.0. The third-order valence-electron chi connectivity index (χ3n) is 5.47. The molecule has 0 saturated heterocycles. The highest BCUT2D eigenvalue weighted by Gasteiger charge is 2.32. The molecule has 1 aliphatic rings. The Bertz CT molecular complexity index is 931. The molecule has 3 N–H and O–H groups in total. The minimum Gasteiger partial charge on any atom is -0.480 e. The number of carbonyl (C=O) groups excluding carboxylic acids is 2. The molecule has 2 aromatic carbocycles. The normalized spacial score (nSPS) is 15.2. The molecule has 1 aliphatic carbocycles. The number of carboxylic acid groups (broad SMARTS) is 1. The van der Waals surface area contributed by atoms with Gasteiger partial charge in [0.25, 0.3) is 0 Å². The summed E-state index contributed by atoms with van der Waals surface area (Å²) in [5.74, 6) is -1.96. The second-order valence-electron chi connectivity index (χ2n) is 7.46. The van der Waals surface area contributed by atoms with Gasteiger partial charge in [-0.15, -0.1) is 0 Å². The van der Waals surface area contributed by atoms with Crippen LogP contribution in [0.25, 0.3) is 11.1 Å². The minimum atomic E-state index is -1.18. The van der Waals surface area contributed by atoms with Gasteiger partial charge in [-0.3, -0.25) is 9.59 Å². The van der Waals surface area contributed by atoms with Gasteiger partial charge in [0.2, 0.25) is 5.91 Å². The Labute approximate surface area is 180 Å². The fourth-order valence-electron chi connectivity index (χ4n) is 3.66. The predicted octanol–water partition coefficient (Wildman–Crippen LogP) is 2.52. The van der Waals surface area contributed by atoms with Crippen LogP contribution in [-0.4, -0.2) is 55.0 Å². The van der Waals surface area contributed by atoms with E-state index >= 15 is 0 Å². The average molecular weight is 426 g/mol. The van der Waals surface area contributed by atoms with Crippen LogP contribution >= 0.6 is 0 Å². The number of benzene rings is 2. The van der Waals surface area contributed by atoms with Gasteiger partial charge in [-0.05, 0) is 36.1 Å². The van der Waals surface area contributed by atoms with Crippen LogP contribution in [0.15, 0.2) is 48.5 Å². The zero-order valence-electron chi connectivity index (χ0n) is 17.6. The second kappa shape index (κ2) is 9.61. The zero-order valence-corrected chi connectivity index (χ0v) is 17.6. The number of carboxylic acids is 1. The number of nitrogens with one attached hydrogen (secondary N) is 2. The average Bonchev–Trinajstić information content (AvgIpc) is 3.09. The lowest BCUT2D eigenvalue weighted by Crippen LogP contribution is -2.55. The molecule has 164 valence electrons. The van der Waals surface area contributed by atoms with Crippen LogP contribution in [0.4, 0.5) is 4.79 Å².